The zero-order valence-electron chi connectivity index (χ0n) is 10.4. The van der Waals surface area contributed by atoms with Crippen LogP contribution in [0.25, 0.3) is 0 Å². The summed E-state index contributed by atoms with van der Waals surface area (Å²) < 4.78 is 0. The van der Waals surface area contributed by atoms with Crippen molar-refractivity contribution in [1.82, 2.24) is 5.32 Å². The van der Waals surface area contributed by atoms with Crippen molar-refractivity contribution in [3.8, 4) is 0 Å². The van der Waals surface area contributed by atoms with Gasteiger partial charge in [-0.25, -0.2) is 0 Å². The molecule has 1 fully saturated rings. The van der Waals surface area contributed by atoms with Crippen LogP contribution in [0.3, 0.4) is 0 Å². The van der Waals surface area contributed by atoms with Gasteiger partial charge in [0.25, 0.3) is 0 Å². The minimum atomic E-state index is 0.575. The van der Waals surface area contributed by atoms with Crippen LogP contribution in [0, 0.1) is 12.8 Å². The number of benzene rings is 1. The molecular formula is C14H21NS. The molecule has 1 nitrogen and oxygen atoms in total. The molecule has 0 aromatic heterocycles. The Morgan fingerprint density at radius 1 is 1.31 bits per heavy atom. The normalized spacial score (nSPS) is 25.7. The summed E-state index contributed by atoms with van der Waals surface area (Å²) in [5.74, 6) is 0.836. The lowest BCUT2D eigenvalue weighted by molar-refractivity contribution is 0.333. The fourth-order valence-electron chi connectivity index (χ4n) is 2.40. The van der Waals surface area contributed by atoms with Gasteiger partial charge in [0.2, 0.25) is 0 Å². The van der Waals surface area contributed by atoms with Crippen molar-refractivity contribution in [1.29, 1.82) is 0 Å². The van der Waals surface area contributed by atoms with Gasteiger partial charge >= 0.3 is 0 Å². The van der Waals surface area contributed by atoms with Gasteiger partial charge in [-0.05, 0) is 55.7 Å². The fraction of sp³-hybridized carbons (Fsp3) is 0.571. The first-order chi connectivity index (χ1) is 7.70. The summed E-state index contributed by atoms with van der Waals surface area (Å²) in [6.07, 6.45) is 4.77. The van der Waals surface area contributed by atoms with Crippen molar-refractivity contribution >= 4 is 11.8 Å². The molecule has 0 aliphatic carbocycles. The maximum absolute atomic E-state index is 3.64. The van der Waals surface area contributed by atoms with E-state index in [9.17, 15) is 0 Å². The van der Waals surface area contributed by atoms with Crippen LogP contribution in [-0.4, -0.2) is 12.8 Å². The van der Waals surface area contributed by atoms with E-state index >= 15 is 0 Å². The molecule has 0 unspecified atom stereocenters. The van der Waals surface area contributed by atoms with Crippen molar-refractivity contribution in [3.05, 3.63) is 29.3 Å². The molecule has 1 aliphatic heterocycles. The number of hydrogen-bond acceptors (Lipinski definition) is 2. The maximum atomic E-state index is 3.64. The highest BCUT2D eigenvalue weighted by Crippen LogP contribution is 2.28. The summed E-state index contributed by atoms with van der Waals surface area (Å²) >= 11 is 1.83. The van der Waals surface area contributed by atoms with Gasteiger partial charge in [0.05, 0.1) is 0 Å². The van der Waals surface area contributed by atoms with E-state index in [1.165, 1.54) is 28.9 Å². The van der Waals surface area contributed by atoms with Crippen LogP contribution in [0.2, 0.25) is 0 Å². The molecule has 1 aromatic rings. The van der Waals surface area contributed by atoms with Crippen LogP contribution < -0.4 is 5.32 Å². The van der Waals surface area contributed by atoms with Crippen molar-refractivity contribution in [2.75, 3.05) is 12.8 Å². The zero-order valence-corrected chi connectivity index (χ0v) is 11.2. The molecule has 2 heteroatoms. The average Bonchev–Trinajstić information content (AvgIpc) is 2.30. The molecule has 0 radical (unpaired) electrons. The molecular weight excluding hydrogens is 214 g/mol. The van der Waals surface area contributed by atoms with E-state index in [0.29, 0.717) is 6.04 Å². The molecule has 1 aliphatic rings. The number of nitrogens with one attached hydrogen (secondary N) is 1. The highest BCUT2D eigenvalue weighted by Gasteiger charge is 2.18. The van der Waals surface area contributed by atoms with Gasteiger partial charge < -0.3 is 5.32 Å². The molecule has 1 saturated heterocycles. The monoisotopic (exact) mass is 235 g/mol. The van der Waals surface area contributed by atoms with Gasteiger partial charge in [-0.2, -0.15) is 0 Å². The van der Waals surface area contributed by atoms with Crippen LogP contribution in [0.4, 0.5) is 0 Å². The van der Waals surface area contributed by atoms with Crippen molar-refractivity contribution in [3.63, 3.8) is 0 Å². The average molecular weight is 235 g/mol. The Morgan fingerprint density at radius 2 is 2.12 bits per heavy atom. The minimum absolute atomic E-state index is 0.575. The lowest BCUT2D eigenvalue weighted by atomic mass is 9.91. The highest BCUT2D eigenvalue weighted by molar-refractivity contribution is 7.98. The Bertz CT molecular complexity index is 354. The van der Waals surface area contributed by atoms with Crippen LogP contribution in [0.5, 0.6) is 0 Å². The number of rotatable bonds is 2. The smallest absolute Gasteiger partial charge is 0.0320 e. The molecule has 0 saturated carbocycles. The second-order valence-electron chi connectivity index (χ2n) is 4.87. The van der Waals surface area contributed by atoms with Crippen LogP contribution in [-0.2, 0) is 0 Å². The predicted octanol–water partition coefficient (Wildman–Crippen LogP) is 3.78. The van der Waals surface area contributed by atoms with Crippen LogP contribution in [0.15, 0.2) is 23.1 Å². The fourth-order valence-corrected chi connectivity index (χ4v) is 2.99. The topological polar surface area (TPSA) is 12.0 Å². The van der Waals surface area contributed by atoms with Crippen LogP contribution in [0.1, 0.15) is 36.9 Å². The van der Waals surface area contributed by atoms with E-state index in [2.05, 4.69) is 43.6 Å². The number of aryl methyl sites for hydroxylation is 1. The molecule has 0 spiro atoms. The first-order valence-corrected chi connectivity index (χ1v) is 7.31. The summed E-state index contributed by atoms with van der Waals surface area (Å²) in [5, 5.41) is 3.64. The first kappa shape index (κ1) is 12.0. The van der Waals surface area contributed by atoms with Gasteiger partial charge in [-0.3, -0.25) is 0 Å². The summed E-state index contributed by atoms with van der Waals surface area (Å²) in [6.45, 7) is 5.69. The van der Waals surface area contributed by atoms with Gasteiger partial charge in [-0.15, -0.1) is 11.8 Å². The molecule has 0 bridgehead atoms. The SMILES string of the molecule is CSc1ccc([C@H]2CC[C@H](C)CN2)cc1C. The van der Waals surface area contributed by atoms with Crippen molar-refractivity contribution < 1.29 is 0 Å². The van der Waals surface area contributed by atoms with E-state index in [0.717, 1.165) is 12.5 Å². The zero-order chi connectivity index (χ0) is 11.5. The van der Waals surface area contributed by atoms with E-state index in [1.807, 2.05) is 11.8 Å². The maximum Gasteiger partial charge on any atom is 0.0320 e. The van der Waals surface area contributed by atoms with E-state index in [1.54, 1.807) is 0 Å². The number of piperidine rings is 1. The van der Waals surface area contributed by atoms with Crippen molar-refractivity contribution in [2.24, 2.45) is 5.92 Å². The third-order valence-corrected chi connectivity index (χ3v) is 4.38. The highest BCUT2D eigenvalue weighted by atomic mass is 32.2. The third kappa shape index (κ3) is 2.61. The minimum Gasteiger partial charge on any atom is -0.310 e. The van der Waals surface area contributed by atoms with Crippen LogP contribution >= 0.6 is 11.8 Å². The quantitative estimate of drug-likeness (QED) is 0.783. The predicted molar refractivity (Wildman–Crippen MR) is 72.1 cm³/mol. The van der Waals surface area contributed by atoms with Gasteiger partial charge in [-0.1, -0.05) is 19.1 Å². The molecule has 1 N–H and O–H groups in total. The molecule has 1 heterocycles. The summed E-state index contributed by atoms with van der Waals surface area (Å²) in [5.41, 5.74) is 2.87. The lowest BCUT2D eigenvalue weighted by Gasteiger charge is -2.28. The Morgan fingerprint density at radius 3 is 2.69 bits per heavy atom. The molecule has 2 atom stereocenters. The largest absolute Gasteiger partial charge is 0.310 e. The molecule has 16 heavy (non-hydrogen) atoms. The summed E-state index contributed by atoms with van der Waals surface area (Å²) in [4.78, 5) is 1.40. The molecule has 1 aromatic carbocycles. The molecule has 0 amide bonds. The van der Waals surface area contributed by atoms with Gasteiger partial charge in [0, 0.05) is 10.9 Å². The Labute approximate surface area is 103 Å². The van der Waals surface area contributed by atoms with Crippen molar-refractivity contribution in [2.45, 2.75) is 37.6 Å². The van der Waals surface area contributed by atoms with Gasteiger partial charge in [0.15, 0.2) is 0 Å². The summed E-state index contributed by atoms with van der Waals surface area (Å²) in [6, 6.07) is 7.46. The van der Waals surface area contributed by atoms with E-state index in [4.69, 9.17) is 0 Å². The molecule has 2 rings (SSSR count). The third-order valence-electron chi connectivity index (χ3n) is 3.48. The van der Waals surface area contributed by atoms with E-state index < -0.39 is 0 Å². The first-order valence-electron chi connectivity index (χ1n) is 6.08. The Balaban J connectivity index is 2.12. The number of thioether (sulfide) groups is 1. The lowest BCUT2D eigenvalue weighted by Crippen LogP contribution is -2.31. The Hall–Kier alpha value is -0.470. The van der Waals surface area contributed by atoms with Gasteiger partial charge in [0.1, 0.15) is 0 Å². The van der Waals surface area contributed by atoms with E-state index in [-0.39, 0.29) is 0 Å². The summed E-state index contributed by atoms with van der Waals surface area (Å²) in [7, 11) is 0. The Kier molecular flexibility index (Phi) is 3.93. The molecule has 88 valence electrons. The standard InChI is InChI=1S/C14H21NS/c1-10-4-6-13(15-9-10)12-5-7-14(16-3)11(2)8-12/h5,7-8,10,13,15H,4,6,9H2,1-3H3/t10-,13+/m0/s1. The number of hydrogen-bond donors (Lipinski definition) is 1. The second-order valence-corrected chi connectivity index (χ2v) is 5.72. The second kappa shape index (κ2) is 5.24.